The molecule has 0 unspecified atom stereocenters. The van der Waals surface area contributed by atoms with E-state index in [2.05, 4.69) is 40.3 Å². The highest BCUT2D eigenvalue weighted by molar-refractivity contribution is 7.85. The highest BCUT2D eigenvalue weighted by Crippen LogP contribution is 2.16. The van der Waals surface area contributed by atoms with Gasteiger partial charge in [-0.1, -0.05) is 53.4 Å². The Balaban J connectivity index is 0. The summed E-state index contributed by atoms with van der Waals surface area (Å²) in [6.07, 6.45) is 11.4. The molecule has 6 heteroatoms. The van der Waals surface area contributed by atoms with Crippen LogP contribution in [0.3, 0.4) is 0 Å². The normalized spacial score (nSPS) is 11.9. The molecule has 0 fully saturated rings. The molecule has 0 N–H and O–H groups in total. The van der Waals surface area contributed by atoms with Gasteiger partial charge >= 0.3 is 0 Å². The van der Waals surface area contributed by atoms with E-state index in [4.69, 9.17) is 0 Å². The molecule has 0 radical (unpaired) electrons. The molecule has 0 heterocycles. The molecule has 4 nitrogen and oxygen atoms in total. The van der Waals surface area contributed by atoms with Crippen molar-refractivity contribution in [1.29, 1.82) is 0 Å². The van der Waals surface area contributed by atoms with Crippen molar-refractivity contribution in [3.63, 3.8) is 0 Å². The van der Waals surface area contributed by atoms with E-state index < -0.39 is 10.1 Å². The molecule has 25 heavy (non-hydrogen) atoms. The molecule has 0 aromatic rings. The Morgan fingerprint density at radius 1 is 0.720 bits per heavy atom. The number of rotatable bonds is 15. The molecule has 0 aromatic heterocycles. The number of quaternary nitrogens is 1. The smallest absolute Gasteiger partial charge is 0.0946 e. The molecule has 0 spiro atoms. The molecule has 0 amide bonds. The van der Waals surface area contributed by atoms with Crippen molar-refractivity contribution in [1.82, 2.24) is 0 Å². The maximum Gasteiger partial charge on any atom is 0.0946 e. The first kappa shape index (κ1) is 27.4. The van der Waals surface area contributed by atoms with E-state index in [1.54, 1.807) is 0 Å². The van der Waals surface area contributed by atoms with Gasteiger partial charge < -0.3 is 9.04 Å². The lowest BCUT2D eigenvalue weighted by molar-refractivity contribution is -0.929. The van der Waals surface area contributed by atoms with Gasteiger partial charge in [0.2, 0.25) is 0 Å². The molecule has 0 aliphatic heterocycles. The Morgan fingerprint density at radius 3 is 1.20 bits per heavy atom. The van der Waals surface area contributed by atoms with Crippen molar-refractivity contribution in [2.24, 2.45) is 0 Å². The summed E-state index contributed by atoms with van der Waals surface area (Å²) in [7, 11) is -3.99. The number of thiol groups is 1. The lowest BCUT2D eigenvalue weighted by Gasteiger charge is -2.39. The average Bonchev–Trinajstić information content (AvgIpc) is 2.58. The zero-order valence-electron chi connectivity index (χ0n) is 17.1. The molecule has 0 saturated carbocycles. The second kappa shape index (κ2) is 17.6. The second-order valence-electron chi connectivity index (χ2n) is 6.99. The molecule has 0 aliphatic rings. The quantitative estimate of drug-likeness (QED) is 0.244. The zero-order valence-corrected chi connectivity index (χ0v) is 18.8. The molecule has 154 valence electrons. The van der Waals surface area contributed by atoms with Crippen LogP contribution in [0.4, 0.5) is 0 Å². The Morgan fingerprint density at radius 2 is 1.04 bits per heavy atom. The van der Waals surface area contributed by atoms with E-state index in [9.17, 15) is 13.0 Å². The van der Waals surface area contributed by atoms with E-state index in [-0.39, 0.29) is 5.75 Å². The largest absolute Gasteiger partial charge is 0.748 e. The molecule has 0 bridgehead atoms. The fourth-order valence-electron chi connectivity index (χ4n) is 2.89. The van der Waals surface area contributed by atoms with Gasteiger partial charge in [0.15, 0.2) is 0 Å². The monoisotopic (exact) mass is 397 g/mol. The summed E-state index contributed by atoms with van der Waals surface area (Å²) >= 11 is 3.73. The number of hydrogen-bond donors (Lipinski definition) is 1. The molecule has 0 saturated heterocycles. The van der Waals surface area contributed by atoms with Gasteiger partial charge in [-0.2, -0.15) is 12.6 Å². The summed E-state index contributed by atoms with van der Waals surface area (Å²) in [5.74, 6) is 0.151. The van der Waals surface area contributed by atoms with Gasteiger partial charge in [0.05, 0.1) is 36.3 Å². The van der Waals surface area contributed by atoms with Crippen molar-refractivity contribution < 1.29 is 17.5 Å². The molecular weight excluding hydrogens is 354 g/mol. The topological polar surface area (TPSA) is 57.2 Å². The summed E-state index contributed by atoms with van der Waals surface area (Å²) < 4.78 is 30.8. The van der Waals surface area contributed by atoms with Crippen LogP contribution in [0.2, 0.25) is 0 Å². The minimum absolute atomic E-state index is 0.295. The highest BCUT2D eigenvalue weighted by atomic mass is 32.2. The van der Waals surface area contributed by atoms with Gasteiger partial charge in [0.25, 0.3) is 0 Å². The van der Waals surface area contributed by atoms with Crippen LogP contribution in [0.5, 0.6) is 0 Å². The summed E-state index contributed by atoms with van der Waals surface area (Å²) in [6, 6.07) is 0. The summed E-state index contributed by atoms with van der Waals surface area (Å²) in [6.45, 7) is 15.0. The maximum atomic E-state index is 9.80. The minimum atomic E-state index is -3.99. The Bertz CT molecular complexity index is 335. The van der Waals surface area contributed by atoms with Crippen LogP contribution in [0.1, 0.15) is 85.5 Å². The van der Waals surface area contributed by atoms with Crippen molar-refractivity contribution in [2.75, 3.05) is 37.7 Å². The average molecular weight is 398 g/mol. The molecule has 0 aliphatic carbocycles. The molecular formula is C19H43NO3S2. The fraction of sp³-hybridized carbons (Fsp3) is 1.00. The van der Waals surface area contributed by atoms with Crippen LogP contribution in [0.15, 0.2) is 0 Å². The molecule has 0 rings (SSSR count). The Labute approximate surface area is 163 Å². The number of unbranched alkanes of at least 4 members (excludes halogenated alkanes) is 4. The molecule has 0 aromatic carbocycles. The fourth-order valence-corrected chi connectivity index (χ4v) is 3.76. The first-order valence-corrected chi connectivity index (χ1v) is 12.4. The van der Waals surface area contributed by atoms with Crippen LogP contribution in [-0.2, 0) is 10.1 Å². The summed E-state index contributed by atoms with van der Waals surface area (Å²) in [5.41, 5.74) is 0. The van der Waals surface area contributed by atoms with E-state index in [1.165, 1.54) is 82.0 Å². The second-order valence-corrected chi connectivity index (χ2v) is 8.96. The number of nitrogens with zero attached hydrogens (tertiary/aromatic N) is 1. The standard InChI is InChI=1S/C16H36N.C3H8O3S2/c1-5-9-13-17(14-10-6-2,15-11-7-3)16-12-8-4;4-8(5,6)3-1-2-7/h5-16H2,1-4H3;7H,1-3H2,(H,4,5,6)/q+1;/p-1. The van der Waals surface area contributed by atoms with Gasteiger partial charge in [-0.25, -0.2) is 8.42 Å². The van der Waals surface area contributed by atoms with Crippen LogP contribution < -0.4 is 0 Å². The summed E-state index contributed by atoms with van der Waals surface area (Å²) in [5, 5.41) is 0. The third-order valence-corrected chi connectivity index (χ3v) is 5.60. The Hall–Kier alpha value is 0.220. The van der Waals surface area contributed by atoms with Crippen LogP contribution in [-0.4, -0.2) is 55.1 Å². The minimum Gasteiger partial charge on any atom is -0.748 e. The zero-order chi connectivity index (χ0) is 19.6. The Kier molecular flexibility index (Phi) is 19.3. The SMILES string of the molecule is CCCC[N+](CCCC)(CCCC)CCCC.O=S(=O)([O-])CCCS. The first-order chi connectivity index (χ1) is 11.8. The third kappa shape index (κ3) is 18.8. The first-order valence-electron chi connectivity index (χ1n) is 10.2. The van der Waals surface area contributed by atoms with Gasteiger partial charge in [0.1, 0.15) is 0 Å². The van der Waals surface area contributed by atoms with Crippen molar-refractivity contribution in [2.45, 2.75) is 85.5 Å². The summed E-state index contributed by atoms with van der Waals surface area (Å²) in [4.78, 5) is 0. The van der Waals surface area contributed by atoms with E-state index in [0.717, 1.165) is 0 Å². The van der Waals surface area contributed by atoms with Crippen LogP contribution >= 0.6 is 12.6 Å². The predicted octanol–water partition coefficient (Wildman–Crippen LogP) is 4.86. The lowest BCUT2D eigenvalue weighted by atomic mass is 10.1. The van der Waals surface area contributed by atoms with E-state index in [1.807, 2.05) is 0 Å². The van der Waals surface area contributed by atoms with Crippen LogP contribution in [0.25, 0.3) is 0 Å². The van der Waals surface area contributed by atoms with Gasteiger partial charge in [0, 0.05) is 5.75 Å². The van der Waals surface area contributed by atoms with Crippen molar-refractivity contribution in [3.8, 4) is 0 Å². The maximum absolute atomic E-state index is 9.80. The molecule has 0 atom stereocenters. The van der Waals surface area contributed by atoms with Gasteiger partial charge in [-0.3, -0.25) is 0 Å². The lowest BCUT2D eigenvalue weighted by Crippen LogP contribution is -2.50. The van der Waals surface area contributed by atoms with E-state index >= 15 is 0 Å². The van der Waals surface area contributed by atoms with Crippen molar-refractivity contribution in [3.05, 3.63) is 0 Å². The van der Waals surface area contributed by atoms with Gasteiger partial charge in [-0.05, 0) is 37.9 Å². The van der Waals surface area contributed by atoms with Crippen molar-refractivity contribution >= 4 is 22.7 Å². The van der Waals surface area contributed by atoms with E-state index in [0.29, 0.717) is 12.2 Å². The highest BCUT2D eigenvalue weighted by Gasteiger charge is 2.24. The third-order valence-electron chi connectivity index (χ3n) is 4.50. The van der Waals surface area contributed by atoms with Crippen LogP contribution in [0, 0.1) is 0 Å². The predicted molar refractivity (Wildman–Crippen MR) is 112 cm³/mol. The van der Waals surface area contributed by atoms with Gasteiger partial charge in [-0.15, -0.1) is 0 Å². The number of hydrogen-bond acceptors (Lipinski definition) is 4.